The average Bonchev–Trinajstić information content (AvgIpc) is 2.50. The minimum absolute atomic E-state index is 0.157. The predicted octanol–water partition coefficient (Wildman–Crippen LogP) is 3.67. The van der Waals surface area contributed by atoms with E-state index in [1.807, 2.05) is 0 Å². The highest BCUT2D eigenvalue weighted by molar-refractivity contribution is 6.46. The number of methoxy groups -OCH3 is 1. The van der Waals surface area contributed by atoms with Gasteiger partial charge in [0.2, 0.25) is 0 Å². The van der Waals surface area contributed by atoms with Crippen molar-refractivity contribution >= 4 is 46.7 Å². The van der Waals surface area contributed by atoms with Gasteiger partial charge in [0.15, 0.2) is 0 Å². The maximum absolute atomic E-state index is 12.5. The highest BCUT2D eigenvalue weighted by Gasteiger charge is 2.30. The molecule has 1 aromatic rings. The molecule has 1 aliphatic rings. The van der Waals surface area contributed by atoms with Crippen molar-refractivity contribution in [3.63, 3.8) is 0 Å². The molecule has 0 radical (unpaired) electrons. The maximum Gasteiger partial charge on any atom is 0.308 e. The van der Waals surface area contributed by atoms with Gasteiger partial charge in [-0.05, 0) is 25.0 Å². The molecule has 7 heteroatoms. The van der Waals surface area contributed by atoms with Gasteiger partial charge >= 0.3 is 5.97 Å². The number of amides is 1. The fourth-order valence-electron chi connectivity index (χ4n) is 2.37. The Morgan fingerprint density at radius 2 is 1.71 bits per heavy atom. The number of likely N-dealkylation sites (tertiary alicyclic amines) is 1. The molecule has 1 aliphatic heterocycles. The van der Waals surface area contributed by atoms with E-state index in [-0.39, 0.29) is 38.4 Å². The van der Waals surface area contributed by atoms with Gasteiger partial charge in [-0.15, -0.1) is 0 Å². The number of esters is 1. The number of benzene rings is 1. The summed E-state index contributed by atoms with van der Waals surface area (Å²) in [5.74, 6) is -0.666. The molecule has 1 amide bonds. The molecule has 0 aliphatic carbocycles. The molecule has 0 unspecified atom stereocenters. The van der Waals surface area contributed by atoms with Gasteiger partial charge in [-0.2, -0.15) is 0 Å². The molecule has 0 aromatic heterocycles. The molecular formula is C14H14Cl3NO3. The van der Waals surface area contributed by atoms with Crippen LogP contribution in [0.3, 0.4) is 0 Å². The van der Waals surface area contributed by atoms with Gasteiger partial charge in [0.25, 0.3) is 5.91 Å². The molecule has 2 rings (SSSR count). The quantitative estimate of drug-likeness (QED) is 0.604. The molecular weight excluding hydrogens is 337 g/mol. The molecule has 0 atom stereocenters. The van der Waals surface area contributed by atoms with Crippen LogP contribution in [0.15, 0.2) is 12.1 Å². The highest BCUT2D eigenvalue weighted by atomic mass is 35.5. The minimum Gasteiger partial charge on any atom is -0.469 e. The van der Waals surface area contributed by atoms with E-state index in [4.69, 9.17) is 39.5 Å². The summed E-state index contributed by atoms with van der Waals surface area (Å²) in [6.45, 7) is 0.912. The van der Waals surface area contributed by atoms with Crippen LogP contribution in [0.1, 0.15) is 23.2 Å². The van der Waals surface area contributed by atoms with Crippen molar-refractivity contribution in [3.05, 3.63) is 32.8 Å². The third kappa shape index (κ3) is 3.44. The first-order chi connectivity index (χ1) is 9.95. The zero-order valence-electron chi connectivity index (χ0n) is 11.4. The maximum atomic E-state index is 12.5. The summed E-state index contributed by atoms with van der Waals surface area (Å²) >= 11 is 18.1. The number of hydrogen-bond donors (Lipinski definition) is 0. The second kappa shape index (κ2) is 6.86. The number of carbonyl (C=O) groups is 2. The number of nitrogens with zero attached hydrogens (tertiary/aromatic N) is 1. The Morgan fingerprint density at radius 1 is 1.14 bits per heavy atom. The fourth-order valence-corrected chi connectivity index (χ4v) is 3.06. The predicted molar refractivity (Wildman–Crippen MR) is 82.1 cm³/mol. The topological polar surface area (TPSA) is 46.6 Å². The van der Waals surface area contributed by atoms with Gasteiger partial charge in [0.05, 0.1) is 33.7 Å². The molecule has 1 heterocycles. The Hall–Kier alpha value is -0.970. The zero-order valence-corrected chi connectivity index (χ0v) is 13.6. The lowest BCUT2D eigenvalue weighted by molar-refractivity contribution is -0.146. The average molecular weight is 351 g/mol. The Morgan fingerprint density at radius 3 is 2.29 bits per heavy atom. The van der Waals surface area contributed by atoms with Crippen molar-refractivity contribution in [2.45, 2.75) is 12.8 Å². The number of carbonyl (C=O) groups excluding carboxylic acids is 2. The lowest BCUT2D eigenvalue weighted by Crippen LogP contribution is -2.40. The normalized spacial score (nSPS) is 15.9. The zero-order chi connectivity index (χ0) is 15.6. The standard InChI is InChI=1S/C14H14Cl3NO3/c1-21-14(20)8-4-6-18(7-5-8)13(19)11-9(15)2-3-10(16)12(11)17/h2-3,8H,4-7H2,1H3. The highest BCUT2D eigenvalue weighted by Crippen LogP contribution is 2.33. The second-order valence-corrected chi connectivity index (χ2v) is 6.00. The summed E-state index contributed by atoms with van der Waals surface area (Å²) in [6, 6.07) is 3.09. The Balaban J connectivity index is 2.13. The van der Waals surface area contributed by atoms with Crippen LogP contribution in [0, 0.1) is 5.92 Å². The number of rotatable bonds is 2. The summed E-state index contributed by atoms with van der Waals surface area (Å²) in [7, 11) is 1.37. The number of ether oxygens (including phenoxy) is 1. The summed E-state index contributed by atoms with van der Waals surface area (Å²) in [6.07, 6.45) is 1.13. The van der Waals surface area contributed by atoms with Crippen LogP contribution in [-0.2, 0) is 9.53 Å². The Labute approximate surface area is 137 Å². The Bertz CT molecular complexity index is 569. The van der Waals surface area contributed by atoms with Crippen molar-refractivity contribution in [1.29, 1.82) is 0 Å². The first kappa shape index (κ1) is 16.4. The Kier molecular flexibility index (Phi) is 5.36. The van der Waals surface area contributed by atoms with Crippen LogP contribution in [-0.4, -0.2) is 37.0 Å². The van der Waals surface area contributed by atoms with Crippen LogP contribution in [0.2, 0.25) is 15.1 Å². The largest absolute Gasteiger partial charge is 0.469 e. The van der Waals surface area contributed by atoms with Gasteiger partial charge < -0.3 is 9.64 Å². The summed E-state index contributed by atoms with van der Waals surface area (Å²) in [5, 5.41) is 0.711. The van der Waals surface area contributed by atoms with Crippen molar-refractivity contribution in [3.8, 4) is 0 Å². The summed E-state index contributed by atoms with van der Waals surface area (Å²) in [4.78, 5) is 25.6. The third-order valence-electron chi connectivity index (χ3n) is 3.57. The molecule has 0 spiro atoms. The lowest BCUT2D eigenvalue weighted by atomic mass is 9.96. The minimum atomic E-state index is -0.268. The summed E-state index contributed by atoms with van der Waals surface area (Å²) in [5.41, 5.74) is 0.211. The number of halogens is 3. The molecule has 0 bridgehead atoms. The summed E-state index contributed by atoms with van der Waals surface area (Å²) < 4.78 is 4.72. The molecule has 1 fully saturated rings. The molecule has 0 saturated carbocycles. The van der Waals surface area contributed by atoms with Crippen LogP contribution in [0.5, 0.6) is 0 Å². The van der Waals surface area contributed by atoms with E-state index in [1.165, 1.54) is 7.11 Å². The van der Waals surface area contributed by atoms with Gasteiger partial charge in [0.1, 0.15) is 0 Å². The van der Waals surface area contributed by atoms with E-state index in [0.29, 0.717) is 25.9 Å². The van der Waals surface area contributed by atoms with Gasteiger partial charge in [-0.25, -0.2) is 0 Å². The SMILES string of the molecule is COC(=O)C1CCN(C(=O)c2c(Cl)ccc(Cl)c2Cl)CC1. The molecule has 4 nitrogen and oxygen atoms in total. The fraction of sp³-hybridized carbons (Fsp3) is 0.429. The van der Waals surface area contributed by atoms with Crippen LogP contribution in [0.4, 0.5) is 0 Å². The van der Waals surface area contributed by atoms with Gasteiger partial charge in [0, 0.05) is 13.1 Å². The van der Waals surface area contributed by atoms with Crippen molar-refractivity contribution in [2.75, 3.05) is 20.2 Å². The monoisotopic (exact) mass is 349 g/mol. The van der Waals surface area contributed by atoms with E-state index < -0.39 is 0 Å². The molecule has 21 heavy (non-hydrogen) atoms. The third-order valence-corrected chi connectivity index (χ3v) is 4.69. The van der Waals surface area contributed by atoms with E-state index in [9.17, 15) is 9.59 Å². The van der Waals surface area contributed by atoms with E-state index in [1.54, 1.807) is 17.0 Å². The molecule has 0 N–H and O–H groups in total. The first-order valence-electron chi connectivity index (χ1n) is 6.46. The van der Waals surface area contributed by atoms with Crippen LogP contribution in [0.25, 0.3) is 0 Å². The van der Waals surface area contributed by atoms with Crippen molar-refractivity contribution < 1.29 is 14.3 Å². The van der Waals surface area contributed by atoms with Gasteiger partial charge in [-0.1, -0.05) is 34.8 Å². The van der Waals surface area contributed by atoms with E-state index in [0.717, 1.165) is 0 Å². The van der Waals surface area contributed by atoms with Crippen molar-refractivity contribution in [2.24, 2.45) is 5.92 Å². The molecule has 114 valence electrons. The van der Waals surface area contributed by atoms with Crippen LogP contribution >= 0.6 is 34.8 Å². The van der Waals surface area contributed by atoms with E-state index >= 15 is 0 Å². The lowest BCUT2D eigenvalue weighted by Gasteiger charge is -2.31. The van der Waals surface area contributed by atoms with Crippen LogP contribution < -0.4 is 0 Å². The molecule has 1 aromatic carbocycles. The second-order valence-electron chi connectivity index (χ2n) is 4.81. The van der Waals surface area contributed by atoms with E-state index in [2.05, 4.69) is 0 Å². The molecule has 1 saturated heterocycles. The number of hydrogen-bond acceptors (Lipinski definition) is 3. The number of piperidine rings is 1. The van der Waals surface area contributed by atoms with Crippen molar-refractivity contribution in [1.82, 2.24) is 4.90 Å². The first-order valence-corrected chi connectivity index (χ1v) is 7.59. The van der Waals surface area contributed by atoms with Gasteiger partial charge in [-0.3, -0.25) is 9.59 Å². The smallest absolute Gasteiger partial charge is 0.308 e.